The van der Waals surface area contributed by atoms with Gasteiger partial charge in [-0.2, -0.15) is 0 Å². The van der Waals surface area contributed by atoms with Gasteiger partial charge in [0.25, 0.3) is 0 Å². The standard InChI is InChI=1S/C28H16S7/c1-6-18(29-11-1)17-16-34-27(23(17)19-7-2-12-30-19)28-25(21-9-4-14-32-21)24(20-8-3-13-31-20)26(35-28)22-10-5-15-33-22/h1-16H. The first-order valence-electron chi connectivity index (χ1n) is 10.9. The molecule has 0 aliphatic rings. The van der Waals surface area contributed by atoms with Crippen LogP contribution in [-0.2, 0) is 0 Å². The van der Waals surface area contributed by atoms with Gasteiger partial charge >= 0.3 is 0 Å². The fourth-order valence-corrected chi connectivity index (χ4v) is 11.1. The van der Waals surface area contributed by atoms with Gasteiger partial charge in [-0.25, -0.2) is 0 Å². The van der Waals surface area contributed by atoms with Gasteiger partial charge in [-0.1, -0.05) is 30.3 Å². The summed E-state index contributed by atoms with van der Waals surface area (Å²) in [7, 11) is 0. The fraction of sp³-hybridized carbons (Fsp3) is 0. The lowest BCUT2D eigenvalue weighted by Gasteiger charge is -2.08. The van der Waals surface area contributed by atoms with Crippen LogP contribution < -0.4 is 0 Å². The zero-order chi connectivity index (χ0) is 23.2. The van der Waals surface area contributed by atoms with Crippen molar-refractivity contribution in [3.8, 4) is 61.3 Å². The van der Waals surface area contributed by atoms with E-state index in [1.54, 1.807) is 0 Å². The van der Waals surface area contributed by atoms with Gasteiger partial charge in [0.15, 0.2) is 0 Å². The highest BCUT2D eigenvalue weighted by molar-refractivity contribution is 7.28. The van der Waals surface area contributed by atoms with E-state index in [1.807, 2.05) is 79.4 Å². The monoisotopic (exact) mass is 576 g/mol. The molecule has 0 bridgehead atoms. The summed E-state index contributed by atoms with van der Waals surface area (Å²) in [4.78, 5) is 10.8. The van der Waals surface area contributed by atoms with Crippen LogP contribution in [0, 0.1) is 0 Å². The first-order valence-corrected chi connectivity index (χ1v) is 17.0. The predicted molar refractivity (Wildman–Crippen MR) is 164 cm³/mol. The molecule has 170 valence electrons. The molecule has 7 aromatic heterocycles. The van der Waals surface area contributed by atoms with E-state index in [9.17, 15) is 0 Å². The second kappa shape index (κ2) is 9.41. The van der Waals surface area contributed by atoms with Gasteiger partial charge in [0.1, 0.15) is 0 Å². The zero-order valence-electron chi connectivity index (χ0n) is 18.1. The molecule has 7 heterocycles. The molecule has 7 heteroatoms. The predicted octanol–water partition coefficient (Wildman–Crippen LogP) is 12.1. The van der Waals surface area contributed by atoms with Crippen molar-refractivity contribution >= 4 is 79.4 Å². The molecule has 0 aliphatic heterocycles. The second-order valence-corrected chi connectivity index (χ2v) is 14.4. The van der Waals surface area contributed by atoms with Gasteiger partial charge in [0.2, 0.25) is 0 Å². The first kappa shape index (κ1) is 22.1. The Morgan fingerprint density at radius 1 is 0.371 bits per heavy atom. The lowest BCUT2D eigenvalue weighted by molar-refractivity contribution is 1.80. The lowest BCUT2D eigenvalue weighted by Crippen LogP contribution is -1.81. The van der Waals surface area contributed by atoms with Crippen LogP contribution in [0.3, 0.4) is 0 Å². The number of hydrogen-bond acceptors (Lipinski definition) is 7. The van der Waals surface area contributed by atoms with Crippen molar-refractivity contribution in [3.63, 3.8) is 0 Å². The van der Waals surface area contributed by atoms with Crippen molar-refractivity contribution in [1.29, 1.82) is 0 Å². The minimum absolute atomic E-state index is 1.34. The van der Waals surface area contributed by atoms with E-state index in [4.69, 9.17) is 0 Å². The molecule has 7 aromatic rings. The summed E-state index contributed by atoms with van der Waals surface area (Å²) in [6, 6.07) is 22.2. The largest absolute Gasteiger partial charge is 0.144 e. The Hall–Kier alpha value is -2.10. The fourth-order valence-electron chi connectivity index (χ4n) is 4.29. The van der Waals surface area contributed by atoms with Crippen LogP contribution in [0.15, 0.2) is 92.9 Å². The molecule has 0 spiro atoms. The number of rotatable bonds is 6. The normalized spacial score (nSPS) is 11.4. The third kappa shape index (κ3) is 3.86. The van der Waals surface area contributed by atoms with Crippen molar-refractivity contribution in [3.05, 3.63) is 92.9 Å². The summed E-state index contributed by atoms with van der Waals surface area (Å²) in [5.41, 5.74) is 5.49. The molecule has 0 amide bonds. The van der Waals surface area contributed by atoms with E-state index in [2.05, 4.69) is 92.9 Å². The van der Waals surface area contributed by atoms with Crippen LogP contribution in [0.25, 0.3) is 61.3 Å². The smallest absolute Gasteiger partial charge is 0.0549 e. The second-order valence-electron chi connectivity index (χ2n) is 7.75. The molecule has 0 saturated carbocycles. The van der Waals surface area contributed by atoms with Crippen LogP contribution >= 0.6 is 79.4 Å². The quantitative estimate of drug-likeness (QED) is 0.185. The van der Waals surface area contributed by atoms with Gasteiger partial charge < -0.3 is 0 Å². The summed E-state index contributed by atoms with van der Waals surface area (Å²) < 4.78 is 0. The SMILES string of the molecule is c1csc(-c2csc(-c3sc(-c4cccs4)c(-c4cccs4)c3-c3cccs3)c2-c2cccs2)c1. The summed E-state index contributed by atoms with van der Waals surface area (Å²) in [6.45, 7) is 0. The van der Waals surface area contributed by atoms with Crippen molar-refractivity contribution in [2.24, 2.45) is 0 Å². The highest BCUT2D eigenvalue weighted by Crippen LogP contribution is 2.58. The van der Waals surface area contributed by atoms with E-state index in [0.717, 1.165) is 0 Å². The Morgan fingerprint density at radius 2 is 0.829 bits per heavy atom. The molecule has 0 aliphatic carbocycles. The van der Waals surface area contributed by atoms with E-state index in [0.29, 0.717) is 0 Å². The summed E-state index contributed by atoms with van der Waals surface area (Å²) >= 11 is 13.0. The first-order chi connectivity index (χ1) is 17.4. The molecule has 0 fully saturated rings. The third-order valence-electron chi connectivity index (χ3n) is 5.74. The van der Waals surface area contributed by atoms with Crippen LogP contribution in [0.1, 0.15) is 0 Å². The minimum Gasteiger partial charge on any atom is -0.144 e. The summed E-state index contributed by atoms with van der Waals surface area (Å²) in [5.74, 6) is 0. The molecule has 7 rings (SSSR count). The van der Waals surface area contributed by atoms with E-state index in [-0.39, 0.29) is 0 Å². The molecule has 0 nitrogen and oxygen atoms in total. The number of hydrogen-bond donors (Lipinski definition) is 0. The Bertz CT molecular complexity index is 1650. The average molecular weight is 577 g/mol. The van der Waals surface area contributed by atoms with Crippen molar-refractivity contribution < 1.29 is 0 Å². The highest BCUT2D eigenvalue weighted by atomic mass is 32.1. The Balaban J connectivity index is 1.57. The molecule has 0 atom stereocenters. The average Bonchev–Trinajstić information content (AvgIpc) is 3.72. The molecule has 0 N–H and O–H groups in total. The topological polar surface area (TPSA) is 0 Å². The molecule has 0 saturated heterocycles. The molecular formula is C28H16S7. The maximum Gasteiger partial charge on any atom is 0.0549 e. The Kier molecular flexibility index (Phi) is 5.95. The van der Waals surface area contributed by atoms with Crippen LogP contribution in [0.2, 0.25) is 0 Å². The molecule has 0 unspecified atom stereocenters. The maximum atomic E-state index is 2.36. The van der Waals surface area contributed by atoms with Crippen molar-refractivity contribution in [2.45, 2.75) is 0 Å². The van der Waals surface area contributed by atoms with Crippen LogP contribution in [-0.4, -0.2) is 0 Å². The summed E-state index contributed by atoms with van der Waals surface area (Å²) in [5, 5.41) is 13.3. The van der Waals surface area contributed by atoms with Crippen molar-refractivity contribution in [2.75, 3.05) is 0 Å². The van der Waals surface area contributed by atoms with Gasteiger partial charge in [0, 0.05) is 52.0 Å². The molecule has 0 aromatic carbocycles. The lowest BCUT2D eigenvalue weighted by atomic mass is 10.0. The Labute approximate surface area is 231 Å². The Morgan fingerprint density at radius 3 is 1.34 bits per heavy atom. The van der Waals surface area contributed by atoms with Gasteiger partial charge in [-0.3, -0.25) is 0 Å². The zero-order valence-corrected chi connectivity index (χ0v) is 23.8. The van der Waals surface area contributed by atoms with Crippen LogP contribution in [0.5, 0.6) is 0 Å². The van der Waals surface area contributed by atoms with Gasteiger partial charge in [-0.05, 0) is 57.2 Å². The minimum atomic E-state index is 1.34. The third-order valence-corrected chi connectivity index (χ3v) is 12.7. The van der Waals surface area contributed by atoms with E-state index in [1.165, 1.54) is 61.3 Å². The molecule has 35 heavy (non-hydrogen) atoms. The maximum absolute atomic E-state index is 2.36. The van der Waals surface area contributed by atoms with E-state index < -0.39 is 0 Å². The van der Waals surface area contributed by atoms with Crippen molar-refractivity contribution in [1.82, 2.24) is 0 Å². The highest BCUT2D eigenvalue weighted by Gasteiger charge is 2.28. The van der Waals surface area contributed by atoms with Gasteiger partial charge in [0.05, 0.1) is 14.6 Å². The molecule has 0 radical (unpaired) electrons. The van der Waals surface area contributed by atoms with Crippen LogP contribution in [0.4, 0.5) is 0 Å². The summed E-state index contributed by atoms with van der Waals surface area (Å²) in [6.07, 6.45) is 0. The molecular weight excluding hydrogens is 561 g/mol. The van der Waals surface area contributed by atoms with E-state index >= 15 is 0 Å². The number of thiophene rings is 7. The van der Waals surface area contributed by atoms with Gasteiger partial charge in [-0.15, -0.1) is 79.4 Å².